The summed E-state index contributed by atoms with van der Waals surface area (Å²) in [6.07, 6.45) is 0. The van der Waals surface area contributed by atoms with E-state index in [2.05, 4.69) is 78.2 Å². The highest BCUT2D eigenvalue weighted by Gasteiger charge is 2.13. The van der Waals surface area contributed by atoms with Crippen LogP contribution in [0.1, 0.15) is 19.4 Å². The van der Waals surface area contributed by atoms with E-state index in [1.54, 1.807) is 0 Å². The van der Waals surface area contributed by atoms with Crippen molar-refractivity contribution < 1.29 is 0 Å². The van der Waals surface area contributed by atoms with Crippen molar-refractivity contribution in [1.29, 1.82) is 0 Å². The van der Waals surface area contributed by atoms with Gasteiger partial charge >= 0.3 is 0 Å². The smallest absolute Gasteiger partial charge is 0.145 e. The molecule has 0 aliphatic rings. The summed E-state index contributed by atoms with van der Waals surface area (Å²) >= 11 is 0. The molecule has 0 atom stereocenters. The van der Waals surface area contributed by atoms with Gasteiger partial charge in [0.1, 0.15) is 5.82 Å². The largest absolute Gasteiger partial charge is 0.292 e. The molecule has 0 radical (unpaired) electrons. The molecule has 0 aliphatic carbocycles. The van der Waals surface area contributed by atoms with Gasteiger partial charge in [-0.15, -0.1) is 0 Å². The maximum atomic E-state index is 4.85. The number of hydrogen-bond acceptors (Lipinski definition) is 1. The highest BCUT2D eigenvalue weighted by Crippen LogP contribution is 2.28. The second-order valence-corrected chi connectivity index (χ2v) is 5.46. The Balaban J connectivity index is 0.000000815. The van der Waals surface area contributed by atoms with Gasteiger partial charge in [-0.25, -0.2) is 4.98 Å². The van der Waals surface area contributed by atoms with Crippen molar-refractivity contribution in [3.63, 3.8) is 0 Å². The Morgan fingerprint density at radius 1 is 0.750 bits per heavy atom. The fourth-order valence-electron chi connectivity index (χ4n) is 2.84. The number of aromatic nitrogens is 2. The first-order chi connectivity index (χ1) is 11.8. The lowest BCUT2D eigenvalue weighted by atomic mass is 10.2. The molecule has 4 rings (SSSR count). The highest BCUT2D eigenvalue weighted by molar-refractivity contribution is 5.83. The second kappa shape index (κ2) is 7.14. The Labute approximate surface area is 143 Å². The van der Waals surface area contributed by atoms with Crippen LogP contribution in [0, 0.1) is 6.92 Å². The van der Waals surface area contributed by atoms with E-state index >= 15 is 0 Å². The highest BCUT2D eigenvalue weighted by atomic mass is 15.1. The van der Waals surface area contributed by atoms with E-state index in [0.717, 1.165) is 28.1 Å². The van der Waals surface area contributed by atoms with Gasteiger partial charge in [-0.1, -0.05) is 68.4 Å². The number of benzene rings is 3. The minimum absolute atomic E-state index is 0.979. The van der Waals surface area contributed by atoms with Crippen LogP contribution >= 0.6 is 0 Å². The number of hydrogen-bond donors (Lipinski definition) is 0. The molecule has 3 aromatic carbocycles. The predicted octanol–water partition coefficient (Wildman–Crippen LogP) is 6.03. The van der Waals surface area contributed by atoms with Crippen LogP contribution in [0.3, 0.4) is 0 Å². The van der Waals surface area contributed by atoms with Gasteiger partial charge in [-0.05, 0) is 36.8 Å². The van der Waals surface area contributed by atoms with Gasteiger partial charge in [0.25, 0.3) is 0 Å². The van der Waals surface area contributed by atoms with Gasteiger partial charge in [-0.2, -0.15) is 0 Å². The van der Waals surface area contributed by atoms with Crippen molar-refractivity contribution in [2.75, 3.05) is 0 Å². The first kappa shape index (κ1) is 16.0. The molecule has 0 spiro atoms. The van der Waals surface area contributed by atoms with Gasteiger partial charge in [0.05, 0.1) is 11.0 Å². The summed E-state index contributed by atoms with van der Waals surface area (Å²) < 4.78 is 2.23. The summed E-state index contributed by atoms with van der Waals surface area (Å²) in [6, 6.07) is 27.2. The summed E-state index contributed by atoms with van der Waals surface area (Å²) in [5.74, 6) is 0.979. The van der Waals surface area contributed by atoms with Crippen LogP contribution in [0.5, 0.6) is 0 Å². The normalized spacial score (nSPS) is 10.3. The number of fused-ring (bicyclic) bond motifs is 1. The van der Waals surface area contributed by atoms with Crippen LogP contribution in [0.4, 0.5) is 0 Å². The fraction of sp³-hybridized carbons (Fsp3) is 0.136. The third-order valence-electron chi connectivity index (χ3n) is 3.85. The molecular formula is C22H22N2. The maximum Gasteiger partial charge on any atom is 0.145 e. The number of nitrogens with zero attached hydrogens (tertiary/aromatic N) is 2. The monoisotopic (exact) mass is 314 g/mol. The zero-order valence-electron chi connectivity index (χ0n) is 14.4. The van der Waals surface area contributed by atoms with Crippen LogP contribution in [0.15, 0.2) is 78.9 Å². The summed E-state index contributed by atoms with van der Waals surface area (Å²) in [7, 11) is 0. The average Bonchev–Trinajstić information content (AvgIpc) is 3.04. The van der Waals surface area contributed by atoms with Crippen LogP contribution < -0.4 is 0 Å². The van der Waals surface area contributed by atoms with Crippen molar-refractivity contribution in [2.24, 2.45) is 0 Å². The SMILES string of the molecule is CC.Cc1cccc(-n2c(-c3ccccc3)nc3ccccc32)c1. The molecule has 0 saturated carbocycles. The first-order valence-corrected chi connectivity index (χ1v) is 8.43. The van der Waals surface area contributed by atoms with E-state index in [1.165, 1.54) is 5.56 Å². The third-order valence-corrected chi connectivity index (χ3v) is 3.85. The molecule has 0 fully saturated rings. The molecule has 0 bridgehead atoms. The lowest BCUT2D eigenvalue weighted by Gasteiger charge is -2.10. The van der Waals surface area contributed by atoms with Gasteiger partial charge in [0.2, 0.25) is 0 Å². The van der Waals surface area contributed by atoms with Crippen LogP contribution in [0.2, 0.25) is 0 Å². The first-order valence-electron chi connectivity index (χ1n) is 8.43. The van der Waals surface area contributed by atoms with Gasteiger partial charge in [0.15, 0.2) is 0 Å². The molecule has 2 nitrogen and oxygen atoms in total. The minimum atomic E-state index is 0.979. The van der Waals surface area contributed by atoms with Crippen molar-refractivity contribution in [1.82, 2.24) is 9.55 Å². The quantitative estimate of drug-likeness (QED) is 0.442. The van der Waals surface area contributed by atoms with E-state index < -0.39 is 0 Å². The van der Waals surface area contributed by atoms with Crippen molar-refractivity contribution in [3.05, 3.63) is 84.4 Å². The zero-order chi connectivity index (χ0) is 16.9. The molecule has 1 aromatic heterocycles. The maximum absolute atomic E-state index is 4.85. The molecule has 0 N–H and O–H groups in total. The molecule has 24 heavy (non-hydrogen) atoms. The third kappa shape index (κ3) is 2.95. The Kier molecular flexibility index (Phi) is 4.76. The van der Waals surface area contributed by atoms with Crippen molar-refractivity contribution in [3.8, 4) is 17.1 Å². The van der Waals surface area contributed by atoms with Crippen LogP contribution in [0.25, 0.3) is 28.1 Å². The van der Waals surface area contributed by atoms with E-state index in [9.17, 15) is 0 Å². The average molecular weight is 314 g/mol. The zero-order valence-corrected chi connectivity index (χ0v) is 14.4. The van der Waals surface area contributed by atoms with E-state index in [-0.39, 0.29) is 0 Å². The number of rotatable bonds is 2. The molecule has 0 unspecified atom stereocenters. The molecule has 0 aliphatic heterocycles. The molecular weight excluding hydrogens is 292 g/mol. The fourth-order valence-corrected chi connectivity index (χ4v) is 2.84. The molecule has 120 valence electrons. The van der Waals surface area contributed by atoms with Gasteiger partial charge in [-0.3, -0.25) is 4.57 Å². The molecule has 4 aromatic rings. The van der Waals surface area contributed by atoms with E-state index in [1.807, 2.05) is 26.0 Å². The van der Waals surface area contributed by atoms with E-state index in [0.29, 0.717) is 0 Å². The Bertz CT molecular complexity index is 937. The lowest BCUT2D eigenvalue weighted by molar-refractivity contribution is 1.10. The Hall–Kier alpha value is -2.87. The van der Waals surface area contributed by atoms with Gasteiger partial charge in [0, 0.05) is 11.3 Å². The minimum Gasteiger partial charge on any atom is -0.292 e. The summed E-state index contributed by atoms with van der Waals surface area (Å²) in [4.78, 5) is 4.85. The lowest BCUT2D eigenvalue weighted by Crippen LogP contribution is -1.97. The topological polar surface area (TPSA) is 17.8 Å². The summed E-state index contributed by atoms with van der Waals surface area (Å²) in [5.41, 5.74) is 5.66. The molecule has 0 amide bonds. The van der Waals surface area contributed by atoms with Crippen LogP contribution in [-0.4, -0.2) is 9.55 Å². The Morgan fingerprint density at radius 2 is 1.46 bits per heavy atom. The molecule has 0 saturated heterocycles. The number of para-hydroxylation sites is 2. The number of imidazole rings is 1. The summed E-state index contributed by atoms with van der Waals surface area (Å²) in [5, 5.41) is 0. The predicted molar refractivity (Wildman–Crippen MR) is 103 cm³/mol. The standard InChI is InChI=1S/C20H16N2.C2H6/c1-15-8-7-11-17(14-15)22-19-13-6-5-12-18(19)21-20(22)16-9-3-2-4-10-16;1-2/h2-14H,1H3;1-2H3. The van der Waals surface area contributed by atoms with Crippen LogP contribution in [-0.2, 0) is 0 Å². The molecule has 2 heteroatoms. The summed E-state index contributed by atoms with van der Waals surface area (Å²) in [6.45, 7) is 6.12. The van der Waals surface area contributed by atoms with Gasteiger partial charge < -0.3 is 0 Å². The van der Waals surface area contributed by atoms with Crippen molar-refractivity contribution >= 4 is 11.0 Å². The Morgan fingerprint density at radius 3 is 2.21 bits per heavy atom. The number of aryl methyl sites for hydroxylation is 1. The second-order valence-electron chi connectivity index (χ2n) is 5.46. The van der Waals surface area contributed by atoms with E-state index in [4.69, 9.17) is 4.98 Å². The molecule has 1 heterocycles. The van der Waals surface area contributed by atoms with Crippen molar-refractivity contribution in [2.45, 2.75) is 20.8 Å².